The molecule has 2 saturated heterocycles. The molecule has 5 nitrogen and oxygen atoms in total. The van der Waals surface area contributed by atoms with E-state index in [0.717, 1.165) is 18.4 Å². The molecule has 0 saturated carbocycles. The van der Waals surface area contributed by atoms with Crippen LogP contribution in [-0.2, 0) is 23.8 Å². The fraction of sp³-hybridized carbons (Fsp3) is 0.765. The number of hydrogen-bond acceptors (Lipinski definition) is 5. The SMILES string of the molecule is CC(=O)O[C@@H]1C[C@H]2O[C@@]2(C)C[C@@H]2OC(=O)[C@@H](C)[C@@H]2CC=C1C. The van der Waals surface area contributed by atoms with E-state index in [1.54, 1.807) is 0 Å². The standard InChI is InChI=1S/C17H24O5/c1-9-5-6-12-10(2)16(19)21-14(12)8-17(4)15(22-17)7-13(9)20-11(3)18/h5,10,12-15H,6-8H2,1-4H3/t10-,12-,13+,14-,15+,17-/m0/s1. The summed E-state index contributed by atoms with van der Waals surface area (Å²) in [6.07, 6.45) is 3.98. The fourth-order valence-electron chi connectivity index (χ4n) is 3.73. The van der Waals surface area contributed by atoms with Crippen LogP contribution < -0.4 is 0 Å². The van der Waals surface area contributed by atoms with Crippen molar-refractivity contribution in [3.63, 3.8) is 0 Å². The second-order valence-electron chi connectivity index (χ2n) is 7.07. The molecule has 0 aromatic heterocycles. The van der Waals surface area contributed by atoms with Crippen LogP contribution in [0.4, 0.5) is 0 Å². The number of allylic oxidation sites excluding steroid dienone is 1. The summed E-state index contributed by atoms with van der Waals surface area (Å²) in [6, 6.07) is 0. The Morgan fingerprint density at radius 3 is 2.86 bits per heavy atom. The quantitative estimate of drug-likeness (QED) is 0.423. The molecule has 22 heavy (non-hydrogen) atoms. The maximum atomic E-state index is 11.9. The zero-order chi connectivity index (χ0) is 16.1. The van der Waals surface area contributed by atoms with Gasteiger partial charge in [-0.3, -0.25) is 9.59 Å². The van der Waals surface area contributed by atoms with E-state index in [-0.39, 0.29) is 47.7 Å². The minimum Gasteiger partial charge on any atom is -0.462 e. The van der Waals surface area contributed by atoms with E-state index in [0.29, 0.717) is 6.42 Å². The van der Waals surface area contributed by atoms with Gasteiger partial charge in [-0.2, -0.15) is 0 Å². The predicted molar refractivity (Wildman–Crippen MR) is 79.0 cm³/mol. The third-order valence-electron chi connectivity index (χ3n) is 5.36. The summed E-state index contributed by atoms with van der Waals surface area (Å²) in [4.78, 5) is 23.2. The Labute approximate surface area is 131 Å². The summed E-state index contributed by atoms with van der Waals surface area (Å²) in [6.45, 7) is 7.39. The number of epoxide rings is 1. The predicted octanol–water partition coefficient (Wildman–Crippen LogP) is 2.38. The number of ether oxygens (including phenoxy) is 3. The molecule has 2 heterocycles. The lowest BCUT2D eigenvalue weighted by atomic mass is 9.81. The highest BCUT2D eigenvalue weighted by Crippen LogP contribution is 2.48. The van der Waals surface area contributed by atoms with E-state index in [9.17, 15) is 9.59 Å². The first-order chi connectivity index (χ1) is 10.3. The lowest BCUT2D eigenvalue weighted by molar-refractivity contribution is -0.145. The minimum atomic E-state index is -0.275. The number of hydrogen-bond donors (Lipinski definition) is 0. The molecule has 1 aliphatic carbocycles. The summed E-state index contributed by atoms with van der Waals surface area (Å²) in [7, 11) is 0. The van der Waals surface area contributed by atoms with E-state index in [4.69, 9.17) is 14.2 Å². The average molecular weight is 308 g/mol. The van der Waals surface area contributed by atoms with Gasteiger partial charge in [-0.25, -0.2) is 0 Å². The van der Waals surface area contributed by atoms with Gasteiger partial charge in [-0.05, 0) is 25.8 Å². The fourth-order valence-corrected chi connectivity index (χ4v) is 3.73. The van der Waals surface area contributed by atoms with Crippen molar-refractivity contribution >= 4 is 11.9 Å². The van der Waals surface area contributed by atoms with Gasteiger partial charge >= 0.3 is 11.9 Å². The van der Waals surface area contributed by atoms with Crippen LogP contribution in [0.2, 0.25) is 0 Å². The maximum Gasteiger partial charge on any atom is 0.309 e. The first-order valence-corrected chi connectivity index (χ1v) is 8.02. The van der Waals surface area contributed by atoms with E-state index in [2.05, 4.69) is 13.0 Å². The van der Waals surface area contributed by atoms with Crippen LogP contribution in [0.25, 0.3) is 0 Å². The van der Waals surface area contributed by atoms with E-state index >= 15 is 0 Å². The second-order valence-corrected chi connectivity index (χ2v) is 7.07. The summed E-state index contributed by atoms with van der Waals surface area (Å²) in [5.74, 6) is -0.318. The summed E-state index contributed by atoms with van der Waals surface area (Å²) >= 11 is 0. The first-order valence-electron chi connectivity index (χ1n) is 8.02. The third kappa shape index (κ3) is 2.78. The molecule has 0 aromatic carbocycles. The smallest absolute Gasteiger partial charge is 0.309 e. The summed E-state index contributed by atoms with van der Waals surface area (Å²) in [5, 5.41) is 0. The van der Waals surface area contributed by atoms with Gasteiger partial charge < -0.3 is 14.2 Å². The Kier molecular flexibility index (Phi) is 3.79. The highest BCUT2D eigenvalue weighted by Gasteiger charge is 2.57. The maximum absolute atomic E-state index is 11.9. The van der Waals surface area contributed by atoms with Crippen LogP contribution in [0.3, 0.4) is 0 Å². The van der Waals surface area contributed by atoms with Crippen molar-refractivity contribution < 1.29 is 23.8 Å². The van der Waals surface area contributed by atoms with Crippen LogP contribution in [0.15, 0.2) is 11.6 Å². The monoisotopic (exact) mass is 308 g/mol. The molecule has 6 atom stereocenters. The van der Waals surface area contributed by atoms with Gasteiger partial charge in [-0.15, -0.1) is 0 Å². The molecule has 0 aromatic rings. The lowest BCUT2D eigenvalue weighted by Crippen LogP contribution is -2.29. The number of fused-ring (bicyclic) bond motifs is 2. The number of carbonyl (C=O) groups excluding carboxylic acids is 2. The van der Waals surface area contributed by atoms with Gasteiger partial charge in [0.25, 0.3) is 0 Å². The van der Waals surface area contributed by atoms with E-state index < -0.39 is 0 Å². The first kappa shape index (κ1) is 15.5. The molecule has 0 bridgehead atoms. The largest absolute Gasteiger partial charge is 0.462 e. The van der Waals surface area contributed by atoms with Crippen molar-refractivity contribution in [2.24, 2.45) is 11.8 Å². The van der Waals surface area contributed by atoms with Gasteiger partial charge in [0.15, 0.2) is 0 Å². The number of esters is 2. The Morgan fingerprint density at radius 2 is 2.18 bits per heavy atom. The van der Waals surface area contributed by atoms with Crippen molar-refractivity contribution in [1.82, 2.24) is 0 Å². The zero-order valence-corrected chi connectivity index (χ0v) is 13.6. The van der Waals surface area contributed by atoms with Crippen LogP contribution in [0, 0.1) is 11.8 Å². The Bertz CT molecular complexity index is 525. The molecule has 3 rings (SSSR count). The van der Waals surface area contributed by atoms with Crippen molar-refractivity contribution in [1.29, 1.82) is 0 Å². The molecule has 2 aliphatic heterocycles. The highest BCUT2D eigenvalue weighted by atomic mass is 16.6. The van der Waals surface area contributed by atoms with Crippen LogP contribution in [-0.4, -0.2) is 35.9 Å². The Balaban J connectivity index is 1.85. The van der Waals surface area contributed by atoms with Crippen molar-refractivity contribution in [2.75, 3.05) is 0 Å². The van der Waals surface area contributed by atoms with Crippen molar-refractivity contribution in [2.45, 2.75) is 70.9 Å². The van der Waals surface area contributed by atoms with Crippen molar-refractivity contribution in [3.05, 3.63) is 11.6 Å². The van der Waals surface area contributed by atoms with Gasteiger partial charge in [0.05, 0.1) is 17.6 Å². The molecule has 122 valence electrons. The van der Waals surface area contributed by atoms with Gasteiger partial charge in [-0.1, -0.05) is 13.0 Å². The van der Waals surface area contributed by atoms with Crippen molar-refractivity contribution in [3.8, 4) is 0 Å². The molecule has 3 aliphatic rings. The Morgan fingerprint density at radius 1 is 1.45 bits per heavy atom. The number of carbonyl (C=O) groups is 2. The summed E-state index contributed by atoms with van der Waals surface area (Å²) < 4.78 is 16.9. The highest BCUT2D eigenvalue weighted by molar-refractivity contribution is 5.75. The van der Waals surface area contributed by atoms with Gasteiger partial charge in [0.2, 0.25) is 0 Å². The third-order valence-corrected chi connectivity index (χ3v) is 5.36. The molecule has 0 spiro atoms. The van der Waals surface area contributed by atoms with Gasteiger partial charge in [0.1, 0.15) is 12.2 Å². The average Bonchev–Trinajstić information content (AvgIpc) is 2.97. The molecular weight excluding hydrogens is 284 g/mol. The van der Waals surface area contributed by atoms with E-state index in [1.807, 2.05) is 13.8 Å². The molecule has 0 unspecified atom stereocenters. The minimum absolute atomic E-state index is 0.0496. The summed E-state index contributed by atoms with van der Waals surface area (Å²) in [5.41, 5.74) is 0.753. The Hall–Kier alpha value is -1.36. The molecule has 0 amide bonds. The van der Waals surface area contributed by atoms with Crippen LogP contribution in [0.5, 0.6) is 0 Å². The molecule has 0 N–H and O–H groups in total. The van der Waals surface area contributed by atoms with Crippen LogP contribution >= 0.6 is 0 Å². The molecule has 0 radical (unpaired) electrons. The lowest BCUT2D eigenvalue weighted by Gasteiger charge is -2.24. The normalized spacial score (nSPS) is 44.3. The second kappa shape index (κ2) is 5.37. The molecular formula is C17H24O5. The van der Waals surface area contributed by atoms with Gasteiger partial charge in [0, 0.05) is 25.7 Å². The number of rotatable bonds is 1. The zero-order valence-electron chi connectivity index (χ0n) is 13.6. The topological polar surface area (TPSA) is 65.1 Å². The molecule has 5 heteroatoms. The molecule has 2 fully saturated rings. The van der Waals surface area contributed by atoms with E-state index in [1.165, 1.54) is 6.92 Å². The van der Waals surface area contributed by atoms with Crippen LogP contribution in [0.1, 0.15) is 47.0 Å².